The third-order valence-electron chi connectivity index (χ3n) is 2.53. The second-order valence-corrected chi connectivity index (χ2v) is 5.67. The Balaban J connectivity index is 1.86. The van der Waals surface area contributed by atoms with E-state index < -0.39 is 16.8 Å². The first kappa shape index (κ1) is 15.0. The van der Waals surface area contributed by atoms with Crippen LogP contribution >= 0.6 is 0 Å². The number of aromatic carboxylic acids is 1. The van der Waals surface area contributed by atoms with Gasteiger partial charge in [0.15, 0.2) is 0 Å². The van der Waals surface area contributed by atoms with Crippen LogP contribution in [0.4, 0.5) is 5.69 Å². The molecule has 110 valence electrons. The van der Waals surface area contributed by atoms with Crippen LogP contribution in [0, 0.1) is 0 Å². The Morgan fingerprint density at radius 3 is 2.48 bits per heavy atom. The average Bonchev–Trinajstić information content (AvgIpc) is 2.88. The van der Waals surface area contributed by atoms with Gasteiger partial charge in [0, 0.05) is 16.5 Å². The van der Waals surface area contributed by atoms with Gasteiger partial charge in [0.05, 0.1) is 5.75 Å². The molecular weight excluding hydrogens is 294 g/mol. The number of carboxylic acids is 1. The van der Waals surface area contributed by atoms with Crippen molar-refractivity contribution in [2.24, 2.45) is 0 Å². The maximum atomic E-state index is 11.8. The Hall–Kier alpha value is -2.41. The molecule has 0 saturated carbocycles. The molecule has 0 spiro atoms. The van der Waals surface area contributed by atoms with E-state index in [1.54, 1.807) is 24.3 Å². The molecule has 0 fully saturated rings. The van der Waals surface area contributed by atoms with Crippen LogP contribution in [0.2, 0.25) is 0 Å². The quantitative estimate of drug-likeness (QED) is 0.849. The van der Waals surface area contributed by atoms with Gasteiger partial charge in [0.25, 0.3) is 0 Å². The SMILES string of the molecule is O=C(CS(=O)Cc1ccc(C(=O)O)o1)Nc1ccccc1. The standard InChI is InChI=1S/C14H13NO5S/c16-13(15-10-4-2-1-3-5-10)9-21(19)8-11-6-7-12(20-11)14(17)18/h1-7H,8-9H2,(H,15,16)(H,17,18). The van der Waals surface area contributed by atoms with Crippen LogP contribution < -0.4 is 5.32 Å². The highest BCUT2D eigenvalue weighted by Crippen LogP contribution is 2.11. The fourth-order valence-corrected chi connectivity index (χ4v) is 2.58. The van der Waals surface area contributed by atoms with Crippen molar-refractivity contribution in [1.29, 1.82) is 0 Å². The lowest BCUT2D eigenvalue weighted by molar-refractivity contribution is -0.113. The van der Waals surface area contributed by atoms with Gasteiger partial charge in [-0.05, 0) is 24.3 Å². The lowest BCUT2D eigenvalue weighted by Crippen LogP contribution is -2.20. The molecule has 0 saturated heterocycles. The van der Waals surface area contributed by atoms with Gasteiger partial charge < -0.3 is 14.8 Å². The van der Waals surface area contributed by atoms with Crippen LogP contribution in [0.15, 0.2) is 46.9 Å². The van der Waals surface area contributed by atoms with E-state index in [1.165, 1.54) is 12.1 Å². The molecule has 1 aromatic heterocycles. The van der Waals surface area contributed by atoms with Crippen LogP contribution in [-0.2, 0) is 21.3 Å². The first-order valence-corrected chi connectivity index (χ1v) is 7.55. The summed E-state index contributed by atoms with van der Waals surface area (Å²) in [5.74, 6) is -1.68. The number of carbonyl (C=O) groups excluding carboxylic acids is 1. The van der Waals surface area contributed by atoms with Crippen molar-refractivity contribution < 1.29 is 23.3 Å². The maximum Gasteiger partial charge on any atom is 0.371 e. The Morgan fingerprint density at radius 1 is 1.14 bits per heavy atom. The fourth-order valence-electron chi connectivity index (χ4n) is 1.64. The zero-order valence-corrected chi connectivity index (χ0v) is 11.8. The van der Waals surface area contributed by atoms with Crippen molar-refractivity contribution in [1.82, 2.24) is 0 Å². The minimum Gasteiger partial charge on any atom is -0.475 e. The Labute approximate surface area is 123 Å². The Bertz CT molecular complexity index is 665. The summed E-state index contributed by atoms with van der Waals surface area (Å²) in [5.41, 5.74) is 0.630. The van der Waals surface area contributed by atoms with Crippen LogP contribution in [0.5, 0.6) is 0 Å². The normalized spacial score (nSPS) is 11.8. The number of hydrogen-bond donors (Lipinski definition) is 2. The smallest absolute Gasteiger partial charge is 0.371 e. The molecule has 6 nitrogen and oxygen atoms in total. The number of nitrogens with one attached hydrogen (secondary N) is 1. The van der Waals surface area contributed by atoms with Gasteiger partial charge in [-0.2, -0.15) is 0 Å². The molecule has 2 N–H and O–H groups in total. The van der Waals surface area contributed by atoms with Gasteiger partial charge in [0.1, 0.15) is 11.5 Å². The molecule has 1 amide bonds. The molecule has 1 aromatic carbocycles. The van der Waals surface area contributed by atoms with Gasteiger partial charge in [-0.3, -0.25) is 9.00 Å². The first-order valence-electron chi connectivity index (χ1n) is 6.06. The highest BCUT2D eigenvalue weighted by Gasteiger charge is 2.13. The average molecular weight is 307 g/mol. The topological polar surface area (TPSA) is 96.6 Å². The van der Waals surface area contributed by atoms with E-state index in [2.05, 4.69) is 5.32 Å². The third kappa shape index (κ3) is 4.57. The number of anilines is 1. The second kappa shape index (κ2) is 6.85. The molecule has 1 unspecified atom stereocenters. The van der Waals surface area contributed by atoms with E-state index >= 15 is 0 Å². The monoisotopic (exact) mass is 307 g/mol. The van der Waals surface area contributed by atoms with E-state index in [0.29, 0.717) is 5.69 Å². The largest absolute Gasteiger partial charge is 0.475 e. The number of benzene rings is 1. The molecule has 7 heteroatoms. The van der Waals surface area contributed by atoms with Crippen molar-refractivity contribution >= 4 is 28.4 Å². The number of carbonyl (C=O) groups is 2. The van der Waals surface area contributed by atoms with E-state index in [9.17, 15) is 13.8 Å². The molecule has 2 rings (SSSR count). The van der Waals surface area contributed by atoms with Gasteiger partial charge in [-0.1, -0.05) is 18.2 Å². The van der Waals surface area contributed by atoms with Crippen molar-refractivity contribution in [2.75, 3.05) is 11.1 Å². The lowest BCUT2D eigenvalue weighted by Gasteiger charge is -2.04. The molecule has 0 aliphatic carbocycles. The molecule has 0 bridgehead atoms. The van der Waals surface area contributed by atoms with Crippen LogP contribution in [0.1, 0.15) is 16.3 Å². The summed E-state index contributed by atoms with van der Waals surface area (Å²) >= 11 is 0. The zero-order chi connectivity index (χ0) is 15.2. The lowest BCUT2D eigenvalue weighted by atomic mass is 10.3. The summed E-state index contributed by atoms with van der Waals surface area (Å²) in [6.07, 6.45) is 0. The highest BCUT2D eigenvalue weighted by molar-refractivity contribution is 7.84. The highest BCUT2D eigenvalue weighted by atomic mass is 32.2. The molecule has 0 aliphatic rings. The van der Waals surface area contributed by atoms with Crippen molar-refractivity contribution in [3.05, 3.63) is 54.0 Å². The molecule has 0 radical (unpaired) electrons. The number of para-hydroxylation sites is 1. The predicted molar refractivity (Wildman–Crippen MR) is 77.5 cm³/mol. The second-order valence-electron chi connectivity index (χ2n) is 4.21. The van der Waals surface area contributed by atoms with E-state index in [0.717, 1.165) is 0 Å². The third-order valence-corrected chi connectivity index (χ3v) is 3.72. The Kier molecular flexibility index (Phi) is 4.89. The number of amides is 1. The summed E-state index contributed by atoms with van der Waals surface area (Å²) in [7, 11) is -1.47. The number of rotatable bonds is 6. The van der Waals surface area contributed by atoms with Gasteiger partial charge in [-0.15, -0.1) is 0 Å². The minimum atomic E-state index is -1.47. The van der Waals surface area contributed by atoms with Crippen molar-refractivity contribution in [3.63, 3.8) is 0 Å². The summed E-state index contributed by atoms with van der Waals surface area (Å²) < 4.78 is 16.8. The summed E-state index contributed by atoms with van der Waals surface area (Å²) in [6.45, 7) is 0. The van der Waals surface area contributed by atoms with E-state index in [-0.39, 0.29) is 28.9 Å². The van der Waals surface area contributed by atoms with Gasteiger partial charge in [0.2, 0.25) is 11.7 Å². The van der Waals surface area contributed by atoms with Crippen LogP contribution in [0.25, 0.3) is 0 Å². The minimum absolute atomic E-state index is 0.00447. The van der Waals surface area contributed by atoms with Crippen LogP contribution in [-0.4, -0.2) is 26.9 Å². The molecule has 21 heavy (non-hydrogen) atoms. The fraction of sp³-hybridized carbons (Fsp3) is 0.143. The molecular formula is C14H13NO5S. The molecule has 1 atom stereocenters. The number of carboxylic acid groups (broad SMARTS) is 1. The van der Waals surface area contributed by atoms with E-state index in [4.69, 9.17) is 9.52 Å². The molecule has 0 aliphatic heterocycles. The first-order chi connectivity index (χ1) is 10.0. The summed E-state index contributed by atoms with van der Waals surface area (Å²) in [6, 6.07) is 11.6. The summed E-state index contributed by atoms with van der Waals surface area (Å²) in [4.78, 5) is 22.3. The van der Waals surface area contributed by atoms with Gasteiger partial charge >= 0.3 is 5.97 Å². The zero-order valence-electron chi connectivity index (χ0n) is 10.9. The molecule has 2 aromatic rings. The van der Waals surface area contributed by atoms with Crippen LogP contribution in [0.3, 0.4) is 0 Å². The predicted octanol–water partition coefficient (Wildman–Crippen LogP) is 1.87. The molecule has 1 heterocycles. The van der Waals surface area contributed by atoms with Crippen molar-refractivity contribution in [2.45, 2.75) is 5.75 Å². The number of furan rings is 1. The van der Waals surface area contributed by atoms with Crippen molar-refractivity contribution in [3.8, 4) is 0 Å². The number of hydrogen-bond acceptors (Lipinski definition) is 4. The van der Waals surface area contributed by atoms with Gasteiger partial charge in [-0.25, -0.2) is 4.79 Å². The maximum absolute atomic E-state index is 11.8. The van der Waals surface area contributed by atoms with E-state index in [1.807, 2.05) is 6.07 Å². The Morgan fingerprint density at radius 2 is 1.86 bits per heavy atom. The summed E-state index contributed by atoms with van der Waals surface area (Å²) in [5, 5.41) is 11.3.